The molecule has 0 aliphatic carbocycles. The van der Waals surface area contributed by atoms with E-state index in [-0.39, 0.29) is 11.3 Å². The Kier molecular flexibility index (Phi) is 3.22. The third kappa shape index (κ3) is 2.94. The van der Waals surface area contributed by atoms with Crippen LogP contribution in [0, 0.1) is 5.82 Å². The maximum absolute atomic E-state index is 13.1. The molecular weight excluding hydrogens is 205 g/mol. The number of carboxylic acids is 1. The van der Waals surface area contributed by atoms with E-state index in [0.717, 1.165) is 18.2 Å². The molecule has 1 rings (SSSR count). The van der Waals surface area contributed by atoms with Gasteiger partial charge in [-0.1, -0.05) is 0 Å². The molecule has 0 bridgehead atoms. The number of phenolic OH excluding ortho intramolecular Hbond substituents is 1. The van der Waals surface area contributed by atoms with Crippen LogP contribution < -0.4 is 5.32 Å². The molecule has 0 saturated carbocycles. The van der Waals surface area contributed by atoms with Gasteiger partial charge in [-0.2, -0.15) is 0 Å². The lowest BCUT2D eigenvalue weighted by atomic mass is 10.2. The lowest BCUT2D eigenvalue weighted by Crippen LogP contribution is -2.29. The van der Waals surface area contributed by atoms with E-state index in [0.29, 0.717) is 0 Å². The van der Waals surface area contributed by atoms with Gasteiger partial charge in [-0.3, -0.25) is 9.59 Å². The topological polar surface area (TPSA) is 86.6 Å². The second-order valence-electron chi connectivity index (χ2n) is 2.74. The van der Waals surface area contributed by atoms with Crippen molar-refractivity contribution in [1.29, 1.82) is 0 Å². The number of amides is 1. The number of carbonyl (C=O) groups excluding carboxylic acids is 1. The number of phenols is 1. The number of halogens is 1. The number of aliphatic carboxylic acids is 1. The summed E-state index contributed by atoms with van der Waals surface area (Å²) in [5.41, 5.74) is -0.311. The monoisotopic (exact) mass is 213 g/mol. The van der Waals surface area contributed by atoms with Gasteiger partial charge in [-0.15, -0.1) is 0 Å². The van der Waals surface area contributed by atoms with Crippen molar-refractivity contribution in [1.82, 2.24) is 5.32 Å². The maximum atomic E-state index is 13.1. The molecule has 1 aromatic carbocycles. The van der Waals surface area contributed by atoms with E-state index in [1.165, 1.54) is 0 Å². The Morgan fingerprint density at radius 2 is 2.07 bits per heavy atom. The molecule has 6 heteroatoms. The number of benzene rings is 1. The normalized spacial score (nSPS) is 9.67. The lowest BCUT2D eigenvalue weighted by Gasteiger charge is -2.03. The smallest absolute Gasteiger partial charge is 0.322 e. The van der Waals surface area contributed by atoms with Crippen molar-refractivity contribution in [3.63, 3.8) is 0 Å². The highest BCUT2D eigenvalue weighted by Gasteiger charge is 2.12. The highest BCUT2D eigenvalue weighted by atomic mass is 19.1. The average Bonchev–Trinajstić information content (AvgIpc) is 2.14. The first kappa shape index (κ1) is 11.0. The summed E-state index contributed by atoms with van der Waals surface area (Å²) in [4.78, 5) is 21.3. The fraction of sp³-hybridized carbons (Fsp3) is 0.111. The minimum Gasteiger partial charge on any atom is -0.508 e. The van der Waals surface area contributed by atoms with Gasteiger partial charge in [0.05, 0.1) is 5.56 Å². The Morgan fingerprint density at radius 1 is 1.40 bits per heavy atom. The SMILES string of the molecule is O=C(O)CNC(=O)c1ccc(O)cc1F. The molecule has 0 aromatic heterocycles. The van der Waals surface area contributed by atoms with E-state index in [2.05, 4.69) is 0 Å². The summed E-state index contributed by atoms with van der Waals surface area (Å²) in [7, 11) is 0. The highest BCUT2D eigenvalue weighted by molar-refractivity contribution is 5.96. The van der Waals surface area contributed by atoms with Crippen LogP contribution in [-0.4, -0.2) is 28.6 Å². The van der Waals surface area contributed by atoms with Crippen molar-refractivity contribution in [3.8, 4) is 5.75 Å². The number of aromatic hydroxyl groups is 1. The number of hydrogen-bond donors (Lipinski definition) is 3. The van der Waals surface area contributed by atoms with Crippen LogP contribution in [-0.2, 0) is 4.79 Å². The maximum Gasteiger partial charge on any atom is 0.322 e. The Hall–Kier alpha value is -2.11. The van der Waals surface area contributed by atoms with Gasteiger partial charge in [0.2, 0.25) is 0 Å². The molecule has 0 saturated heterocycles. The van der Waals surface area contributed by atoms with Crippen LogP contribution in [0.5, 0.6) is 5.75 Å². The van der Waals surface area contributed by atoms with Crippen LogP contribution in [0.3, 0.4) is 0 Å². The van der Waals surface area contributed by atoms with Gasteiger partial charge in [0.1, 0.15) is 18.1 Å². The number of rotatable bonds is 3. The zero-order valence-corrected chi connectivity index (χ0v) is 7.53. The molecule has 1 aromatic rings. The highest BCUT2D eigenvalue weighted by Crippen LogP contribution is 2.14. The summed E-state index contributed by atoms with van der Waals surface area (Å²) in [5.74, 6) is -3.27. The Labute approximate surface area is 84.2 Å². The zero-order chi connectivity index (χ0) is 11.4. The quantitative estimate of drug-likeness (QED) is 0.676. The van der Waals surface area contributed by atoms with Gasteiger partial charge in [-0.05, 0) is 12.1 Å². The second kappa shape index (κ2) is 4.41. The predicted octanol–water partition coefficient (Wildman–Crippen LogP) is 0.346. The Balaban J connectivity index is 2.78. The van der Waals surface area contributed by atoms with Crippen molar-refractivity contribution in [2.24, 2.45) is 0 Å². The Morgan fingerprint density at radius 3 is 2.60 bits per heavy atom. The van der Waals surface area contributed by atoms with Crippen molar-refractivity contribution in [3.05, 3.63) is 29.6 Å². The van der Waals surface area contributed by atoms with E-state index >= 15 is 0 Å². The Bertz CT molecular complexity index is 405. The van der Waals surface area contributed by atoms with E-state index < -0.39 is 24.2 Å². The van der Waals surface area contributed by atoms with E-state index in [1.54, 1.807) is 0 Å². The van der Waals surface area contributed by atoms with E-state index in [1.807, 2.05) is 5.32 Å². The predicted molar refractivity (Wildman–Crippen MR) is 48.0 cm³/mol. The van der Waals surface area contributed by atoms with Crippen LogP contribution in [0.25, 0.3) is 0 Å². The molecule has 0 atom stereocenters. The van der Waals surface area contributed by atoms with Gasteiger partial charge in [0.15, 0.2) is 0 Å². The standard InChI is InChI=1S/C9H8FNO4/c10-7-3-5(12)1-2-6(7)9(15)11-4-8(13)14/h1-3,12H,4H2,(H,11,15)(H,13,14). The summed E-state index contributed by atoms with van der Waals surface area (Å²) in [5, 5.41) is 19.1. The molecule has 0 aliphatic heterocycles. The van der Waals surface area contributed by atoms with Crippen LogP contribution in [0.4, 0.5) is 4.39 Å². The van der Waals surface area contributed by atoms with Gasteiger partial charge < -0.3 is 15.5 Å². The third-order valence-electron chi connectivity index (χ3n) is 1.60. The molecule has 80 valence electrons. The van der Waals surface area contributed by atoms with Crippen LogP contribution in [0.15, 0.2) is 18.2 Å². The minimum absolute atomic E-state index is 0.303. The van der Waals surface area contributed by atoms with E-state index in [4.69, 9.17) is 10.2 Å². The lowest BCUT2D eigenvalue weighted by molar-refractivity contribution is -0.135. The van der Waals surface area contributed by atoms with Crippen molar-refractivity contribution in [2.45, 2.75) is 0 Å². The molecule has 1 amide bonds. The van der Waals surface area contributed by atoms with Gasteiger partial charge in [-0.25, -0.2) is 4.39 Å². The summed E-state index contributed by atoms with van der Waals surface area (Å²) >= 11 is 0. The van der Waals surface area contributed by atoms with Gasteiger partial charge in [0, 0.05) is 6.07 Å². The molecular formula is C9H8FNO4. The van der Waals surface area contributed by atoms with E-state index in [9.17, 15) is 14.0 Å². The fourth-order valence-electron chi connectivity index (χ4n) is 0.939. The molecule has 0 unspecified atom stereocenters. The number of carboxylic acid groups (broad SMARTS) is 1. The van der Waals surface area contributed by atoms with Crippen LogP contribution in [0.1, 0.15) is 10.4 Å². The molecule has 5 nitrogen and oxygen atoms in total. The summed E-state index contributed by atoms with van der Waals surface area (Å²) in [6.45, 7) is -0.584. The molecule has 0 aliphatic rings. The van der Waals surface area contributed by atoms with Gasteiger partial charge in [0.25, 0.3) is 5.91 Å². The first-order valence-electron chi connectivity index (χ1n) is 3.99. The average molecular weight is 213 g/mol. The molecule has 15 heavy (non-hydrogen) atoms. The zero-order valence-electron chi connectivity index (χ0n) is 7.53. The first-order valence-corrected chi connectivity index (χ1v) is 3.99. The minimum atomic E-state index is -1.22. The third-order valence-corrected chi connectivity index (χ3v) is 1.60. The largest absolute Gasteiger partial charge is 0.508 e. The fourth-order valence-corrected chi connectivity index (χ4v) is 0.939. The summed E-state index contributed by atoms with van der Waals surface area (Å²) in [6, 6.07) is 2.98. The van der Waals surface area contributed by atoms with Crippen LogP contribution in [0.2, 0.25) is 0 Å². The van der Waals surface area contributed by atoms with Gasteiger partial charge >= 0.3 is 5.97 Å². The number of hydrogen-bond acceptors (Lipinski definition) is 3. The summed E-state index contributed by atoms with van der Waals surface area (Å²) in [6.07, 6.45) is 0. The number of nitrogens with one attached hydrogen (secondary N) is 1. The molecule has 3 N–H and O–H groups in total. The first-order chi connectivity index (χ1) is 7.00. The van der Waals surface area contributed by atoms with Crippen molar-refractivity contribution < 1.29 is 24.2 Å². The molecule has 0 fully saturated rings. The molecule has 0 heterocycles. The number of carbonyl (C=O) groups is 2. The summed E-state index contributed by atoms with van der Waals surface area (Å²) < 4.78 is 13.1. The van der Waals surface area contributed by atoms with Crippen LogP contribution >= 0.6 is 0 Å². The van der Waals surface area contributed by atoms with Crippen molar-refractivity contribution in [2.75, 3.05) is 6.54 Å². The molecule has 0 spiro atoms. The molecule has 0 radical (unpaired) electrons. The second-order valence-corrected chi connectivity index (χ2v) is 2.74. The van der Waals surface area contributed by atoms with Crippen molar-refractivity contribution >= 4 is 11.9 Å².